The maximum atomic E-state index is 14.0. The predicted molar refractivity (Wildman–Crippen MR) is 174 cm³/mol. The largest absolute Gasteiger partial charge is 0.507 e. The molecule has 2 amide bonds. The molecule has 4 atom stereocenters. The van der Waals surface area contributed by atoms with Gasteiger partial charge >= 0.3 is 0 Å². The molecule has 7 nitrogen and oxygen atoms in total. The van der Waals surface area contributed by atoms with E-state index in [2.05, 4.69) is 42.2 Å². The van der Waals surface area contributed by atoms with E-state index >= 15 is 0 Å². The number of phenolic OH excluding ortho intramolecular Hbond substituents is 1. The Morgan fingerprint density at radius 1 is 0.933 bits per heavy atom. The van der Waals surface area contributed by atoms with E-state index in [0.29, 0.717) is 13.0 Å². The highest BCUT2D eigenvalue weighted by molar-refractivity contribution is 6.06. The van der Waals surface area contributed by atoms with Crippen LogP contribution in [0.2, 0.25) is 0 Å². The number of carbonyl (C=O) groups excluding carboxylic acids is 2. The van der Waals surface area contributed by atoms with Gasteiger partial charge in [-0.05, 0) is 72.8 Å². The topological polar surface area (TPSA) is 90.3 Å². The molecule has 2 N–H and O–H groups in total. The summed E-state index contributed by atoms with van der Waals surface area (Å²) in [7, 11) is 0. The summed E-state index contributed by atoms with van der Waals surface area (Å²) in [6.45, 7) is 5.02. The van der Waals surface area contributed by atoms with Crippen LogP contribution in [0.25, 0.3) is 16.8 Å². The number of hydrogen-bond acceptors (Lipinski definition) is 6. The van der Waals surface area contributed by atoms with Crippen molar-refractivity contribution in [2.45, 2.75) is 57.7 Å². The molecule has 3 aliphatic heterocycles. The summed E-state index contributed by atoms with van der Waals surface area (Å²) in [6, 6.07) is 21.9. The lowest BCUT2D eigenvalue weighted by atomic mass is 9.69. The first-order chi connectivity index (χ1) is 21.9. The third-order valence-electron chi connectivity index (χ3n) is 10.5. The molecular formula is C38H42N2O5. The fraction of sp³-hybridized carbons (Fsp3) is 0.421. The number of benzene rings is 3. The van der Waals surface area contributed by atoms with Crippen molar-refractivity contribution in [3.8, 4) is 5.75 Å². The number of likely N-dealkylation sites (tertiary alicyclic amines) is 2. The number of rotatable bonds is 8. The summed E-state index contributed by atoms with van der Waals surface area (Å²) < 4.78 is 6.34. The number of aliphatic hydroxyl groups is 1. The number of phenols is 1. The second-order valence-corrected chi connectivity index (χ2v) is 13.3. The number of hydrogen-bond donors (Lipinski definition) is 2. The van der Waals surface area contributed by atoms with Crippen LogP contribution >= 0.6 is 0 Å². The molecule has 0 unspecified atom stereocenters. The van der Waals surface area contributed by atoms with Gasteiger partial charge in [0.1, 0.15) is 5.75 Å². The van der Waals surface area contributed by atoms with Crippen LogP contribution in [0.1, 0.15) is 50.2 Å². The third kappa shape index (κ3) is 5.62. The first kappa shape index (κ1) is 29.9. The second-order valence-electron chi connectivity index (χ2n) is 13.3. The summed E-state index contributed by atoms with van der Waals surface area (Å²) in [5.74, 6) is -0.763. The van der Waals surface area contributed by atoms with Crippen LogP contribution in [0, 0.1) is 17.8 Å². The molecule has 3 saturated heterocycles. The third-order valence-corrected chi connectivity index (χ3v) is 10.5. The molecule has 3 heterocycles. The van der Waals surface area contributed by atoms with Gasteiger partial charge in [-0.3, -0.25) is 19.4 Å². The standard InChI is InChI=1S/C38H42N2O5/c1-24(19-26-12-13-33(42)30-10-6-5-9-29(26)30)11-14-34-35-27(22-41)20-31-36(32(35)23-45-34)38(44)40(37(31)43)28-15-17-39(18-16-28)21-25-7-3-2-4-8-25/h2-10,12-13,19,28,31-32,34,36,41-42H,11,14-18,20-23H2,1H3/b24-19+/t31-,32+,34-,36-/m1/s1. The number of piperidine rings is 1. The van der Waals surface area contributed by atoms with Crippen LogP contribution in [0.15, 0.2) is 83.4 Å². The van der Waals surface area contributed by atoms with Crippen molar-refractivity contribution in [1.82, 2.24) is 9.80 Å². The zero-order valence-corrected chi connectivity index (χ0v) is 25.9. The molecule has 45 heavy (non-hydrogen) atoms. The molecule has 7 rings (SSSR count). The maximum Gasteiger partial charge on any atom is 0.234 e. The smallest absolute Gasteiger partial charge is 0.234 e. The summed E-state index contributed by atoms with van der Waals surface area (Å²) >= 11 is 0. The van der Waals surface area contributed by atoms with Gasteiger partial charge in [0.25, 0.3) is 0 Å². The number of imide groups is 1. The van der Waals surface area contributed by atoms with Gasteiger partial charge in [0.2, 0.25) is 11.8 Å². The van der Waals surface area contributed by atoms with Crippen LogP contribution in [0.4, 0.5) is 0 Å². The van der Waals surface area contributed by atoms with Gasteiger partial charge in [0, 0.05) is 37.0 Å². The Labute approximate surface area is 264 Å². The van der Waals surface area contributed by atoms with Crippen molar-refractivity contribution in [1.29, 1.82) is 0 Å². The number of fused-ring (bicyclic) bond motifs is 4. The molecule has 3 aromatic carbocycles. The fourth-order valence-corrected chi connectivity index (χ4v) is 8.31. The van der Waals surface area contributed by atoms with E-state index in [9.17, 15) is 19.8 Å². The molecule has 0 saturated carbocycles. The average Bonchev–Trinajstić information content (AvgIpc) is 3.60. The van der Waals surface area contributed by atoms with Crippen molar-refractivity contribution in [2.24, 2.45) is 17.8 Å². The second kappa shape index (κ2) is 12.5. The van der Waals surface area contributed by atoms with Gasteiger partial charge in [0.15, 0.2) is 0 Å². The molecule has 1 aliphatic carbocycles. The van der Waals surface area contributed by atoms with Crippen molar-refractivity contribution < 1.29 is 24.5 Å². The van der Waals surface area contributed by atoms with E-state index in [1.165, 1.54) is 11.1 Å². The molecule has 4 aliphatic rings. The number of amides is 2. The van der Waals surface area contributed by atoms with Gasteiger partial charge in [-0.1, -0.05) is 72.3 Å². The van der Waals surface area contributed by atoms with Crippen molar-refractivity contribution >= 4 is 28.7 Å². The number of aliphatic hydroxyl groups excluding tert-OH is 1. The molecule has 3 fully saturated rings. The predicted octanol–water partition coefficient (Wildman–Crippen LogP) is 5.70. The lowest BCUT2D eigenvalue weighted by Gasteiger charge is -2.36. The minimum absolute atomic E-state index is 0.0365. The zero-order valence-electron chi connectivity index (χ0n) is 25.9. The van der Waals surface area contributed by atoms with E-state index < -0.39 is 11.8 Å². The molecule has 0 radical (unpaired) electrons. The molecule has 234 valence electrons. The van der Waals surface area contributed by atoms with Crippen LogP contribution in [0.3, 0.4) is 0 Å². The SMILES string of the molecule is C/C(=C\c1ccc(O)c2ccccc12)CC[C@H]1OC[C@H]2C1=C(CO)C[C@H]1C(=O)N(C3CCN(Cc4ccccc4)CC3)C(=O)[C@H]12. The maximum absolute atomic E-state index is 14.0. The Hall–Kier alpha value is -3.78. The number of carbonyl (C=O) groups is 2. The monoisotopic (exact) mass is 606 g/mol. The highest BCUT2D eigenvalue weighted by Gasteiger charge is 2.58. The number of ether oxygens (including phenoxy) is 1. The number of nitrogens with zero attached hydrogens (tertiary/aromatic N) is 2. The molecule has 0 spiro atoms. The Morgan fingerprint density at radius 3 is 2.42 bits per heavy atom. The number of allylic oxidation sites excluding steroid dienone is 1. The van der Waals surface area contributed by atoms with E-state index in [0.717, 1.165) is 72.8 Å². The molecule has 0 aromatic heterocycles. The van der Waals surface area contributed by atoms with Crippen molar-refractivity contribution in [3.05, 3.63) is 94.6 Å². The summed E-state index contributed by atoms with van der Waals surface area (Å²) in [6.07, 6.45) is 5.56. The minimum Gasteiger partial charge on any atom is -0.507 e. The Morgan fingerprint density at radius 2 is 1.67 bits per heavy atom. The minimum atomic E-state index is -0.400. The quantitative estimate of drug-likeness (QED) is 0.253. The van der Waals surface area contributed by atoms with Crippen LogP contribution < -0.4 is 0 Å². The van der Waals surface area contributed by atoms with Crippen LogP contribution in [-0.4, -0.2) is 70.3 Å². The zero-order chi connectivity index (χ0) is 31.1. The Balaban J connectivity index is 1.02. The summed E-state index contributed by atoms with van der Waals surface area (Å²) in [5.41, 5.74) is 5.47. The van der Waals surface area contributed by atoms with Gasteiger partial charge < -0.3 is 14.9 Å². The van der Waals surface area contributed by atoms with Gasteiger partial charge in [-0.25, -0.2) is 0 Å². The van der Waals surface area contributed by atoms with Crippen LogP contribution in [0.5, 0.6) is 5.75 Å². The van der Waals surface area contributed by atoms with E-state index in [1.807, 2.05) is 36.4 Å². The molecule has 7 heteroatoms. The van der Waals surface area contributed by atoms with Gasteiger partial charge in [-0.15, -0.1) is 0 Å². The normalized spacial score (nSPS) is 26.2. The van der Waals surface area contributed by atoms with Gasteiger partial charge in [-0.2, -0.15) is 0 Å². The fourth-order valence-electron chi connectivity index (χ4n) is 8.31. The van der Waals surface area contributed by atoms with E-state index in [1.54, 1.807) is 11.0 Å². The molecular weight excluding hydrogens is 564 g/mol. The van der Waals surface area contributed by atoms with Crippen LogP contribution in [-0.2, 0) is 20.9 Å². The van der Waals surface area contributed by atoms with Crippen molar-refractivity contribution in [3.63, 3.8) is 0 Å². The summed E-state index contributed by atoms with van der Waals surface area (Å²) in [4.78, 5) is 31.8. The number of aromatic hydroxyl groups is 1. The van der Waals surface area contributed by atoms with E-state index in [4.69, 9.17) is 4.74 Å². The lowest BCUT2D eigenvalue weighted by molar-refractivity contribution is -0.144. The Bertz CT molecular complexity index is 1660. The van der Waals surface area contributed by atoms with Gasteiger partial charge in [0.05, 0.1) is 31.2 Å². The average molecular weight is 607 g/mol. The molecule has 3 aromatic rings. The van der Waals surface area contributed by atoms with Crippen molar-refractivity contribution in [2.75, 3.05) is 26.3 Å². The first-order valence-corrected chi connectivity index (χ1v) is 16.4. The van der Waals surface area contributed by atoms with E-state index in [-0.39, 0.29) is 42.2 Å². The summed E-state index contributed by atoms with van der Waals surface area (Å²) in [5, 5.41) is 22.5. The lowest BCUT2D eigenvalue weighted by Crippen LogP contribution is -2.47. The first-order valence-electron chi connectivity index (χ1n) is 16.4. The molecule has 0 bridgehead atoms. The highest BCUT2D eigenvalue weighted by atomic mass is 16.5. The Kier molecular flexibility index (Phi) is 8.34. The highest BCUT2D eigenvalue weighted by Crippen LogP contribution is 2.50.